The monoisotopic (exact) mass is 320 g/mol. The average molecular weight is 321 g/mol. The van der Waals surface area contributed by atoms with E-state index in [-0.39, 0.29) is 5.91 Å². The molecule has 0 saturated heterocycles. The molecule has 1 heterocycles. The van der Waals surface area contributed by atoms with E-state index in [9.17, 15) is 4.79 Å². The van der Waals surface area contributed by atoms with Crippen molar-refractivity contribution in [1.82, 2.24) is 9.97 Å². The van der Waals surface area contributed by atoms with Crippen molar-refractivity contribution in [3.05, 3.63) is 46.8 Å². The average Bonchev–Trinajstić information content (AvgIpc) is 2.40. The van der Waals surface area contributed by atoms with Crippen molar-refractivity contribution in [2.75, 3.05) is 5.32 Å². The van der Waals surface area contributed by atoms with Gasteiger partial charge < -0.3 is 11.1 Å². The van der Waals surface area contributed by atoms with E-state index in [1.807, 2.05) is 24.3 Å². The Labute approximate surface area is 119 Å². The van der Waals surface area contributed by atoms with E-state index in [1.165, 1.54) is 6.33 Å². The Bertz CT molecular complexity index is 571. The molecule has 0 bridgehead atoms. The molecule has 0 aliphatic heterocycles. The van der Waals surface area contributed by atoms with Gasteiger partial charge in [-0.25, -0.2) is 9.97 Å². The molecule has 2 rings (SSSR count). The molecule has 19 heavy (non-hydrogen) atoms. The lowest BCUT2D eigenvalue weighted by atomic mass is 10.1. The van der Waals surface area contributed by atoms with Gasteiger partial charge in [0.05, 0.1) is 4.47 Å². The normalized spacial score (nSPS) is 10.2. The van der Waals surface area contributed by atoms with Crippen LogP contribution in [0.3, 0.4) is 0 Å². The summed E-state index contributed by atoms with van der Waals surface area (Å²) in [6.07, 6.45) is 4.18. The summed E-state index contributed by atoms with van der Waals surface area (Å²) >= 11 is 3.37. The number of benzene rings is 1. The van der Waals surface area contributed by atoms with Crippen molar-refractivity contribution >= 4 is 33.3 Å². The topological polar surface area (TPSA) is 80.9 Å². The Kier molecular flexibility index (Phi) is 4.46. The molecule has 1 amide bonds. The summed E-state index contributed by atoms with van der Waals surface area (Å²) in [6, 6.07) is 7.79. The number of nitrogens with two attached hydrogens (primary N) is 1. The van der Waals surface area contributed by atoms with Crippen LogP contribution in [0, 0.1) is 0 Å². The first-order valence-corrected chi connectivity index (χ1v) is 6.54. The van der Waals surface area contributed by atoms with E-state index in [2.05, 4.69) is 31.2 Å². The molecule has 98 valence electrons. The summed E-state index contributed by atoms with van der Waals surface area (Å²) in [6.45, 7) is 0. The molecule has 0 aliphatic carbocycles. The minimum Gasteiger partial charge on any atom is -0.370 e. The van der Waals surface area contributed by atoms with Crippen LogP contribution in [0.15, 0.2) is 41.3 Å². The number of anilines is 2. The quantitative estimate of drug-likeness (QED) is 0.886. The van der Waals surface area contributed by atoms with Gasteiger partial charge in [0.25, 0.3) is 0 Å². The molecule has 0 radical (unpaired) electrons. The zero-order valence-corrected chi connectivity index (χ0v) is 11.7. The maximum Gasteiger partial charge on any atom is 0.217 e. The smallest absolute Gasteiger partial charge is 0.217 e. The predicted molar refractivity (Wildman–Crippen MR) is 77.0 cm³/mol. The second-order valence-electron chi connectivity index (χ2n) is 4.01. The van der Waals surface area contributed by atoms with E-state index in [1.54, 1.807) is 6.20 Å². The van der Waals surface area contributed by atoms with Gasteiger partial charge >= 0.3 is 0 Å². The Morgan fingerprint density at radius 3 is 2.68 bits per heavy atom. The van der Waals surface area contributed by atoms with Crippen LogP contribution < -0.4 is 11.1 Å². The van der Waals surface area contributed by atoms with Crippen molar-refractivity contribution in [2.45, 2.75) is 12.8 Å². The molecular weight excluding hydrogens is 308 g/mol. The number of carbonyl (C=O) groups excluding carboxylic acids is 1. The Morgan fingerprint density at radius 2 is 2.05 bits per heavy atom. The van der Waals surface area contributed by atoms with E-state index < -0.39 is 0 Å². The largest absolute Gasteiger partial charge is 0.370 e. The SMILES string of the molecule is NC(=O)CCc1ccc(Nc2ncncc2Br)cc1. The fraction of sp³-hybridized carbons (Fsp3) is 0.154. The van der Waals surface area contributed by atoms with Gasteiger partial charge in [0.15, 0.2) is 0 Å². The molecule has 1 aromatic heterocycles. The molecule has 0 spiro atoms. The fourth-order valence-electron chi connectivity index (χ4n) is 1.56. The molecule has 0 aliphatic rings. The molecule has 0 atom stereocenters. The molecule has 1 aromatic carbocycles. The number of amides is 1. The molecule has 0 saturated carbocycles. The van der Waals surface area contributed by atoms with Crippen molar-refractivity contribution in [2.24, 2.45) is 5.73 Å². The standard InChI is InChI=1S/C13H13BrN4O/c14-11-7-16-8-17-13(11)18-10-4-1-9(2-5-10)3-6-12(15)19/h1-2,4-5,7-8H,3,6H2,(H2,15,19)(H,16,17,18). The first-order valence-electron chi connectivity index (χ1n) is 5.75. The third-order valence-corrected chi connectivity index (χ3v) is 3.12. The summed E-state index contributed by atoms with van der Waals surface area (Å²) in [5, 5.41) is 3.17. The van der Waals surface area contributed by atoms with Crippen LogP contribution in [-0.4, -0.2) is 15.9 Å². The van der Waals surface area contributed by atoms with Gasteiger partial charge in [0, 0.05) is 18.3 Å². The van der Waals surface area contributed by atoms with E-state index >= 15 is 0 Å². The van der Waals surface area contributed by atoms with Gasteiger partial charge in [0.2, 0.25) is 5.91 Å². The number of nitrogens with one attached hydrogen (secondary N) is 1. The lowest BCUT2D eigenvalue weighted by Gasteiger charge is -2.07. The highest BCUT2D eigenvalue weighted by atomic mass is 79.9. The summed E-state index contributed by atoms with van der Waals surface area (Å²) < 4.78 is 0.799. The lowest BCUT2D eigenvalue weighted by Crippen LogP contribution is -2.11. The van der Waals surface area contributed by atoms with Crippen molar-refractivity contribution < 1.29 is 4.79 Å². The minimum atomic E-state index is -0.285. The van der Waals surface area contributed by atoms with E-state index in [0.29, 0.717) is 18.7 Å². The second-order valence-corrected chi connectivity index (χ2v) is 4.86. The highest BCUT2D eigenvalue weighted by Gasteiger charge is 2.02. The fourth-order valence-corrected chi connectivity index (χ4v) is 1.88. The molecule has 6 heteroatoms. The molecular formula is C13H13BrN4O. The molecule has 2 aromatic rings. The van der Waals surface area contributed by atoms with Crippen LogP contribution >= 0.6 is 15.9 Å². The third kappa shape index (κ3) is 4.03. The van der Waals surface area contributed by atoms with Gasteiger partial charge in [-0.3, -0.25) is 4.79 Å². The molecule has 3 N–H and O–H groups in total. The van der Waals surface area contributed by atoms with Crippen molar-refractivity contribution in [3.8, 4) is 0 Å². The first kappa shape index (κ1) is 13.5. The van der Waals surface area contributed by atoms with Crippen LogP contribution in [0.5, 0.6) is 0 Å². The summed E-state index contributed by atoms with van der Waals surface area (Å²) in [7, 11) is 0. The Hall–Kier alpha value is -1.95. The van der Waals surface area contributed by atoms with Gasteiger partial charge in [-0.1, -0.05) is 12.1 Å². The van der Waals surface area contributed by atoms with Crippen LogP contribution in [-0.2, 0) is 11.2 Å². The Balaban J connectivity index is 2.03. The number of carbonyl (C=O) groups is 1. The number of hydrogen-bond donors (Lipinski definition) is 2. The number of aromatic nitrogens is 2. The number of primary amides is 1. The van der Waals surface area contributed by atoms with Crippen molar-refractivity contribution in [3.63, 3.8) is 0 Å². The minimum absolute atomic E-state index is 0.285. The summed E-state index contributed by atoms with van der Waals surface area (Å²) in [4.78, 5) is 18.7. The maximum atomic E-state index is 10.7. The maximum absolute atomic E-state index is 10.7. The predicted octanol–water partition coefficient (Wildman–Crippen LogP) is 2.40. The zero-order chi connectivity index (χ0) is 13.7. The lowest BCUT2D eigenvalue weighted by molar-refractivity contribution is -0.117. The van der Waals surface area contributed by atoms with Crippen LogP contribution in [0.1, 0.15) is 12.0 Å². The summed E-state index contributed by atoms with van der Waals surface area (Å²) in [5.74, 6) is 0.423. The molecule has 0 unspecified atom stereocenters. The number of halogens is 1. The Morgan fingerprint density at radius 1 is 1.32 bits per heavy atom. The number of nitrogens with zero attached hydrogens (tertiary/aromatic N) is 2. The van der Waals surface area contributed by atoms with Crippen LogP contribution in [0.2, 0.25) is 0 Å². The second kappa shape index (κ2) is 6.29. The van der Waals surface area contributed by atoms with Gasteiger partial charge in [0.1, 0.15) is 12.1 Å². The highest BCUT2D eigenvalue weighted by molar-refractivity contribution is 9.10. The first-order chi connectivity index (χ1) is 9.15. The van der Waals surface area contributed by atoms with Gasteiger partial charge in [-0.15, -0.1) is 0 Å². The van der Waals surface area contributed by atoms with Gasteiger partial charge in [-0.05, 0) is 40.0 Å². The molecule has 0 fully saturated rings. The third-order valence-electron chi connectivity index (χ3n) is 2.54. The summed E-state index contributed by atoms with van der Waals surface area (Å²) in [5.41, 5.74) is 7.11. The molecule has 5 nitrogen and oxygen atoms in total. The number of aryl methyl sites for hydroxylation is 1. The van der Waals surface area contributed by atoms with Crippen molar-refractivity contribution in [1.29, 1.82) is 0 Å². The number of rotatable bonds is 5. The van der Waals surface area contributed by atoms with Crippen LogP contribution in [0.25, 0.3) is 0 Å². The van der Waals surface area contributed by atoms with Gasteiger partial charge in [-0.2, -0.15) is 0 Å². The number of hydrogen-bond acceptors (Lipinski definition) is 4. The highest BCUT2D eigenvalue weighted by Crippen LogP contribution is 2.22. The van der Waals surface area contributed by atoms with E-state index in [0.717, 1.165) is 15.7 Å². The van der Waals surface area contributed by atoms with Crippen LogP contribution in [0.4, 0.5) is 11.5 Å². The zero-order valence-electron chi connectivity index (χ0n) is 10.1. The van der Waals surface area contributed by atoms with E-state index in [4.69, 9.17) is 5.73 Å².